The van der Waals surface area contributed by atoms with Crippen LogP contribution in [0.2, 0.25) is 0 Å². The van der Waals surface area contributed by atoms with Gasteiger partial charge in [0, 0.05) is 25.0 Å². The molecular weight excluding hydrogens is 340 g/mol. The highest BCUT2D eigenvalue weighted by atomic mass is 16.2. The van der Waals surface area contributed by atoms with E-state index in [1.54, 1.807) is 31.3 Å². The number of nitrogens with zero attached hydrogens (tertiary/aromatic N) is 3. The van der Waals surface area contributed by atoms with Gasteiger partial charge in [-0.15, -0.1) is 0 Å². The molecule has 3 rings (SSSR count). The summed E-state index contributed by atoms with van der Waals surface area (Å²) in [6.45, 7) is 0.486. The standard InChI is InChI=1S/C21H24N4O2/c1-24(2)16(13-15-9-5-4-6-10-15)14-22-20(26)19-17-11-7-8-12-18(17)21(27)25(3)23-19/h4-12,16H,13-14H2,1-3H3,(H,22,26)/t16-/m1/s1. The Kier molecular flexibility index (Phi) is 5.66. The van der Waals surface area contributed by atoms with Crippen LogP contribution in [0.5, 0.6) is 0 Å². The summed E-state index contributed by atoms with van der Waals surface area (Å²) in [6.07, 6.45) is 0.829. The Balaban J connectivity index is 1.80. The van der Waals surface area contributed by atoms with Crippen molar-refractivity contribution >= 4 is 16.7 Å². The molecule has 3 aromatic rings. The van der Waals surface area contributed by atoms with Gasteiger partial charge in [0.2, 0.25) is 0 Å². The first-order chi connectivity index (χ1) is 13.0. The van der Waals surface area contributed by atoms with Gasteiger partial charge in [-0.2, -0.15) is 5.10 Å². The molecule has 6 heteroatoms. The molecule has 140 valence electrons. The number of likely N-dealkylation sites (N-methyl/N-ethyl adjacent to an activating group) is 1. The van der Waals surface area contributed by atoms with Gasteiger partial charge in [0.15, 0.2) is 5.69 Å². The molecule has 1 heterocycles. The third-order valence-corrected chi connectivity index (χ3v) is 4.71. The zero-order chi connectivity index (χ0) is 19.4. The monoisotopic (exact) mass is 364 g/mol. The maximum Gasteiger partial charge on any atom is 0.274 e. The van der Waals surface area contributed by atoms with Crippen LogP contribution in [0.15, 0.2) is 59.4 Å². The van der Waals surface area contributed by atoms with Gasteiger partial charge < -0.3 is 10.2 Å². The van der Waals surface area contributed by atoms with Crippen molar-refractivity contribution in [1.82, 2.24) is 20.0 Å². The Bertz CT molecular complexity index is 996. The van der Waals surface area contributed by atoms with E-state index in [1.807, 2.05) is 32.3 Å². The normalized spacial score (nSPS) is 12.3. The minimum Gasteiger partial charge on any atom is -0.349 e. The van der Waals surface area contributed by atoms with Crippen LogP contribution in [-0.4, -0.2) is 47.3 Å². The summed E-state index contributed by atoms with van der Waals surface area (Å²) in [5.41, 5.74) is 1.28. The van der Waals surface area contributed by atoms with Crippen molar-refractivity contribution in [3.63, 3.8) is 0 Å². The van der Waals surface area contributed by atoms with Gasteiger partial charge in [0.1, 0.15) is 0 Å². The molecule has 0 saturated heterocycles. The number of benzene rings is 2. The fourth-order valence-electron chi connectivity index (χ4n) is 3.09. The topological polar surface area (TPSA) is 67.2 Å². The zero-order valence-electron chi connectivity index (χ0n) is 15.8. The number of hydrogen-bond acceptors (Lipinski definition) is 4. The number of rotatable bonds is 6. The van der Waals surface area contributed by atoms with E-state index in [0.29, 0.717) is 17.3 Å². The predicted octanol–water partition coefficient (Wildman–Crippen LogP) is 1.84. The molecule has 2 aromatic carbocycles. The van der Waals surface area contributed by atoms with Crippen LogP contribution in [0.4, 0.5) is 0 Å². The van der Waals surface area contributed by atoms with Gasteiger partial charge in [0.05, 0.1) is 5.39 Å². The van der Waals surface area contributed by atoms with Gasteiger partial charge in [-0.25, -0.2) is 4.68 Å². The predicted molar refractivity (Wildman–Crippen MR) is 107 cm³/mol. The highest BCUT2D eigenvalue weighted by molar-refractivity contribution is 6.04. The highest BCUT2D eigenvalue weighted by Crippen LogP contribution is 2.13. The number of amides is 1. The van der Waals surface area contributed by atoms with E-state index in [1.165, 1.54) is 10.2 Å². The van der Waals surface area contributed by atoms with Crippen LogP contribution in [0, 0.1) is 0 Å². The molecule has 6 nitrogen and oxygen atoms in total. The molecule has 1 N–H and O–H groups in total. The van der Waals surface area contributed by atoms with E-state index in [0.717, 1.165) is 6.42 Å². The van der Waals surface area contributed by atoms with Gasteiger partial charge in [0.25, 0.3) is 11.5 Å². The fourth-order valence-corrected chi connectivity index (χ4v) is 3.09. The summed E-state index contributed by atoms with van der Waals surface area (Å²) in [5.74, 6) is -0.276. The Labute approximate surface area is 158 Å². The summed E-state index contributed by atoms with van der Waals surface area (Å²) in [7, 11) is 5.56. The van der Waals surface area contributed by atoms with Crippen molar-refractivity contribution in [3.05, 3.63) is 76.2 Å². The third-order valence-electron chi connectivity index (χ3n) is 4.71. The number of carbonyl (C=O) groups excluding carboxylic acids is 1. The average molecular weight is 364 g/mol. The molecule has 0 aliphatic carbocycles. The van der Waals surface area contributed by atoms with Crippen molar-refractivity contribution < 1.29 is 4.79 Å². The minimum absolute atomic E-state index is 0.148. The highest BCUT2D eigenvalue weighted by Gasteiger charge is 2.18. The molecule has 0 aliphatic heterocycles. The molecule has 27 heavy (non-hydrogen) atoms. The van der Waals surface area contributed by atoms with Crippen LogP contribution in [0.25, 0.3) is 10.8 Å². The fraction of sp³-hybridized carbons (Fsp3) is 0.286. The second kappa shape index (κ2) is 8.14. The van der Waals surface area contributed by atoms with E-state index in [4.69, 9.17) is 0 Å². The van der Waals surface area contributed by atoms with Gasteiger partial charge in [-0.05, 0) is 32.1 Å². The van der Waals surface area contributed by atoms with Gasteiger partial charge >= 0.3 is 0 Å². The van der Waals surface area contributed by atoms with E-state index < -0.39 is 0 Å². The van der Waals surface area contributed by atoms with Crippen LogP contribution >= 0.6 is 0 Å². The molecule has 0 radical (unpaired) electrons. The van der Waals surface area contributed by atoms with E-state index >= 15 is 0 Å². The first kappa shape index (κ1) is 18.8. The summed E-state index contributed by atoms with van der Waals surface area (Å²) >= 11 is 0. The maximum absolute atomic E-state index is 12.8. The average Bonchev–Trinajstić information content (AvgIpc) is 2.68. The zero-order valence-corrected chi connectivity index (χ0v) is 15.8. The molecule has 1 amide bonds. The molecule has 1 atom stereocenters. The second-order valence-corrected chi connectivity index (χ2v) is 6.84. The first-order valence-corrected chi connectivity index (χ1v) is 8.92. The molecule has 0 saturated carbocycles. The summed E-state index contributed by atoms with van der Waals surface area (Å²) in [6, 6.07) is 17.4. The Morgan fingerprint density at radius 2 is 1.70 bits per heavy atom. The number of hydrogen-bond donors (Lipinski definition) is 1. The summed E-state index contributed by atoms with van der Waals surface area (Å²) < 4.78 is 1.21. The second-order valence-electron chi connectivity index (χ2n) is 6.84. The Morgan fingerprint density at radius 1 is 1.07 bits per heavy atom. The largest absolute Gasteiger partial charge is 0.349 e. The van der Waals surface area contributed by atoms with Crippen molar-refractivity contribution in [2.24, 2.45) is 7.05 Å². The Morgan fingerprint density at radius 3 is 2.37 bits per heavy atom. The SMILES string of the molecule is CN(C)[C@@H](CNC(=O)c1nn(C)c(=O)c2ccccc12)Cc1ccccc1. The number of carbonyl (C=O) groups is 1. The molecule has 0 spiro atoms. The summed E-state index contributed by atoms with van der Waals surface area (Å²) in [5, 5.41) is 8.23. The van der Waals surface area contributed by atoms with Gasteiger partial charge in [-0.1, -0.05) is 48.5 Å². The van der Waals surface area contributed by atoms with Crippen LogP contribution < -0.4 is 10.9 Å². The minimum atomic E-state index is -0.276. The maximum atomic E-state index is 12.8. The van der Waals surface area contributed by atoms with Crippen LogP contribution in [0.1, 0.15) is 16.1 Å². The summed E-state index contributed by atoms with van der Waals surface area (Å²) in [4.78, 5) is 27.1. The molecule has 0 aliphatic rings. The molecule has 0 fully saturated rings. The number of aryl methyl sites for hydroxylation is 1. The van der Waals surface area contributed by atoms with Crippen molar-refractivity contribution in [1.29, 1.82) is 0 Å². The third kappa shape index (κ3) is 4.23. The van der Waals surface area contributed by atoms with Crippen molar-refractivity contribution in [2.45, 2.75) is 12.5 Å². The lowest BCUT2D eigenvalue weighted by molar-refractivity contribution is 0.0936. The van der Waals surface area contributed by atoms with E-state index in [-0.39, 0.29) is 23.2 Å². The van der Waals surface area contributed by atoms with Crippen molar-refractivity contribution in [3.8, 4) is 0 Å². The number of nitrogens with one attached hydrogen (secondary N) is 1. The van der Waals surface area contributed by atoms with Crippen LogP contribution in [-0.2, 0) is 13.5 Å². The lowest BCUT2D eigenvalue weighted by atomic mass is 10.0. The van der Waals surface area contributed by atoms with Gasteiger partial charge in [-0.3, -0.25) is 9.59 Å². The molecule has 0 bridgehead atoms. The molecular formula is C21H24N4O2. The van der Waals surface area contributed by atoms with Crippen LogP contribution in [0.3, 0.4) is 0 Å². The lowest BCUT2D eigenvalue weighted by Gasteiger charge is -2.24. The quantitative estimate of drug-likeness (QED) is 0.725. The van der Waals surface area contributed by atoms with E-state index in [2.05, 4.69) is 27.4 Å². The molecule has 1 aromatic heterocycles. The van der Waals surface area contributed by atoms with Crippen molar-refractivity contribution in [2.75, 3.05) is 20.6 Å². The number of fused-ring (bicyclic) bond motifs is 1. The lowest BCUT2D eigenvalue weighted by Crippen LogP contribution is -2.42. The first-order valence-electron chi connectivity index (χ1n) is 8.92. The molecule has 0 unspecified atom stereocenters. The Hall–Kier alpha value is -2.99. The number of aromatic nitrogens is 2. The van der Waals surface area contributed by atoms with E-state index in [9.17, 15) is 9.59 Å². The smallest absolute Gasteiger partial charge is 0.274 e.